The lowest BCUT2D eigenvalue weighted by molar-refractivity contribution is 0.0942. The van der Waals surface area contributed by atoms with Gasteiger partial charge in [-0.3, -0.25) is 4.79 Å². The maximum absolute atomic E-state index is 13.0. The molecule has 1 amide bonds. The van der Waals surface area contributed by atoms with Crippen LogP contribution in [0, 0.1) is 5.92 Å². The van der Waals surface area contributed by atoms with Gasteiger partial charge in [-0.2, -0.15) is 0 Å². The first-order valence-electron chi connectivity index (χ1n) is 10.3. The zero-order chi connectivity index (χ0) is 20.6. The van der Waals surface area contributed by atoms with E-state index in [2.05, 4.69) is 29.6 Å². The van der Waals surface area contributed by atoms with Crippen molar-refractivity contribution in [3.05, 3.63) is 53.6 Å². The highest BCUT2D eigenvalue weighted by atomic mass is 16.5. The largest absolute Gasteiger partial charge is 0.493 e. The summed E-state index contributed by atoms with van der Waals surface area (Å²) in [5, 5.41) is 3.14. The second kappa shape index (κ2) is 10.2. The van der Waals surface area contributed by atoms with Gasteiger partial charge in [0.05, 0.1) is 26.9 Å². The highest BCUT2D eigenvalue weighted by Gasteiger charge is 2.27. The van der Waals surface area contributed by atoms with E-state index >= 15 is 0 Å². The van der Waals surface area contributed by atoms with Crippen molar-refractivity contribution in [3.63, 3.8) is 0 Å². The lowest BCUT2D eigenvalue weighted by Crippen LogP contribution is -2.32. The Morgan fingerprint density at radius 3 is 2.24 bits per heavy atom. The topological polar surface area (TPSA) is 56.8 Å². The third-order valence-electron chi connectivity index (χ3n) is 5.88. The normalized spacial score (nSPS) is 15.4. The lowest BCUT2D eigenvalue weighted by atomic mass is 9.76. The predicted octanol–water partition coefficient (Wildman–Crippen LogP) is 4.81. The zero-order valence-corrected chi connectivity index (χ0v) is 17.6. The van der Waals surface area contributed by atoms with Gasteiger partial charge in [-0.05, 0) is 36.5 Å². The minimum Gasteiger partial charge on any atom is -0.493 e. The molecule has 5 heteroatoms. The summed E-state index contributed by atoms with van der Waals surface area (Å²) in [5.74, 6) is 2.09. The molecule has 0 aliphatic heterocycles. The Morgan fingerprint density at radius 2 is 1.62 bits per heavy atom. The van der Waals surface area contributed by atoms with Crippen LogP contribution < -0.4 is 19.5 Å². The van der Waals surface area contributed by atoms with Gasteiger partial charge in [-0.15, -0.1) is 0 Å². The summed E-state index contributed by atoms with van der Waals surface area (Å²) < 4.78 is 16.2. The van der Waals surface area contributed by atoms with E-state index in [0.29, 0.717) is 41.2 Å². The number of hydrogen-bond acceptors (Lipinski definition) is 4. The van der Waals surface area contributed by atoms with Gasteiger partial charge in [0.1, 0.15) is 0 Å². The van der Waals surface area contributed by atoms with Crippen molar-refractivity contribution in [2.24, 2.45) is 5.92 Å². The molecule has 1 saturated carbocycles. The fourth-order valence-corrected chi connectivity index (χ4v) is 4.37. The van der Waals surface area contributed by atoms with Gasteiger partial charge >= 0.3 is 0 Å². The van der Waals surface area contributed by atoms with Gasteiger partial charge in [-0.1, -0.05) is 49.6 Å². The van der Waals surface area contributed by atoms with Crippen LogP contribution in [0.2, 0.25) is 0 Å². The summed E-state index contributed by atoms with van der Waals surface area (Å²) in [5.41, 5.74) is 1.74. The molecule has 3 rings (SSSR count). The van der Waals surface area contributed by atoms with Crippen molar-refractivity contribution in [2.45, 2.75) is 38.0 Å². The van der Waals surface area contributed by atoms with Crippen LogP contribution in [-0.4, -0.2) is 33.8 Å². The van der Waals surface area contributed by atoms with E-state index < -0.39 is 0 Å². The summed E-state index contributed by atoms with van der Waals surface area (Å²) in [6, 6.07) is 14.0. The molecule has 29 heavy (non-hydrogen) atoms. The Morgan fingerprint density at radius 1 is 0.931 bits per heavy atom. The number of carbonyl (C=O) groups excluding carboxylic acids is 1. The highest BCUT2D eigenvalue weighted by molar-refractivity contribution is 5.98. The molecular formula is C24H31NO4. The van der Waals surface area contributed by atoms with Gasteiger partial charge < -0.3 is 19.5 Å². The molecule has 0 unspecified atom stereocenters. The molecule has 1 atom stereocenters. The van der Waals surface area contributed by atoms with Gasteiger partial charge in [0.15, 0.2) is 11.5 Å². The zero-order valence-electron chi connectivity index (χ0n) is 17.6. The summed E-state index contributed by atoms with van der Waals surface area (Å²) in [6.45, 7) is 0.602. The number of rotatable bonds is 8. The number of hydrogen-bond donors (Lipinski definition) is 1. The Labute approximate surface area is 173 Å². The molecule has 5 nitrogen and oxygen atoms in total. The average molecular weight is 398 g/mol. The van der Waals surface area contributed by atoms with Crippen LogP contribution in [0.3, 0.4) is 0 Å². The molecule has 1 aliphatic carbocycles. The van der Waals surface area contributed by atoms with E-state index in [1.165, 1.54) is 51.9 Å². The van der Waals surface area contributed by atoms with Gasteiger partial charge in [-0.25, -0.2) is 0 Å². The predicted molar refractivity (Wildman–Crippen MR) is 114 cm³/mol. The monoisotopic (exact) mass is 397 g/mol. The van der Waals surface area contributed by atoms with Crippen LogP contribution in [0.1, 0.15) is 53.9 Å². The van der Waals surface area contributed by atoms with Crippen molar-refractivity contribution in [3.8, 4) is 17.2 Å². The molecule has 0 saturated heterocycles. The minimum atomic E-state index is -0.167. The molecule has 2 aromatic rings. The van der Waals surface area contributed by atoms with Crippen LogP contribution >= 0.6 is 0 Å². The smallest absolute Gasteiger partial charge is 0.255 e. The molecule has 1 N–H and O–H groups in total. The van der Waals surface area contributed by atoms with Crippen LogP contribution in [-0.2, 0) is 0 Å². The number of benzene rings is 2. The second-order valence-electron chi connectivity index (χ2n) is 7.51. The first-order chi connectivity index (χ1) is 14.2. The maximum Gasteiger partial charge on any atom is 0.255 e. The summed E-state index contributed by atoms with van der Waals surface area (Å²) in [7, 11) is 4.63. The quantitative estimate of drug-likeness (QED) is 0.695. The van der Waals surface area contributed by atoms with Crippen molar-refractivity contribution in [1.29, 1.82) is 0 Å². The number of amides is 1. The number of ether oxygens (including phenoxy) is 3. The van der Waals surface area contributed by atoms with Crippen molar-refractivity contribution in [2.75, 3.05) is 27.9 Å². The van der Waals surface area contributed by atoms with Gasteiger partial charge in [0, 0.05) is 12.5 Å². The summed E-state index contributed by atoms with van der Waals surface area (Å²) in [6.07, 6.45) is 6.29. The molecule has 156 valence electrons. The van der Waals surface area contributed by atoms with Crippen molar-refractivity contribution >= 4 is 5.91 Å². The summed E-state index contributed by atoms with van der Waals surface area (Å²) in [4.78, 5) is 13.0. The first-order valence-corrected chi connectivity index (χ1v) is 10.3. The van der Waals surface area contributed by atoms with Crippen LogP contribution in [0.5, 0.6) is 17.2 Å². The molecule has 0 radical (unpaired) electrons. The fourth-order valence-electron chi connectivity index (χ4n) is 4.37. The Hall–Kier alpha value is -2.69. The number of methoxy groups -OCH3 is 3. The number of nitrogens with one attached hydrogen (secondary N) is 1. The number of carbonyl (C=O) groups is 1. The lowest BCUT2D eigenvalue weighted by Gasteiger charge is -2.31. The molecular weight excluding hydrogens is 366 g/mol. The van der Waals surface area contributed by atoms with Crippen molar-refractivity contribution in [1.82, 2.24) is 5.32 Å². The Balaban J connectivity index is 1.80. The van der Waals surface area contributed by atoms with E-state index in [-0.39, 0.29) is 5.91 Å². The Bertz CT molecular complexity index is 800. The van der Waals surface area contributed by atoms with Gasteiger partial charge in [0.25, 0.3) is 5.91 Å². The van der Waals surface area contributed by atoms with E-state index in [9.17, 15) is 4.79 Å². The standard InChI is InChI=1S/C24H31NO4/c1-27-21-15-14-19(22(28-2)23(21)29-3)24(26)25-16-20(17-10-6-4-7-11-17)18-12-8-5-9-13-18/h4,6-7,10-11,14-15,18,20H,5,8-9,12-13,16H2,1-3H3,(H,25,26)/t20-/m1/s1. The summed E-state index contributed by atoms with van der Waals surface area (Å²) >= 11 is 0. The third-order valence-corrected chi connectivity index (χ3v) is 5.88. The molecule has 1 aliphatic rings. The second-order valence-corrected chi connectivity index (χ2v) is 7.51. The van der Waals surface area contributed by atoms with E-state index in [4.69, 9.17) is 14.2 Å². The van der Waals surface area contributed by atoms with Gasteiger partial charge in [0.2, 0.25) is 5.75 Å². The fraction of sp³-hybridized carbons (Fsp3) is 0.458. The van der Waals surface area contributed by atoms with E-state index in [0.717, 1.165) is 0 Å². The maximum atomic E-state index is 13.0. The van der Waals surface area contributed by atoms with Crippen LogP contribution in [0.15, 0.2) is 42.5 Å². The highest BCUT2D eigenvalue weighted by Crippen LogP contribution is 2.40. The van der Waals surface area contributed by atoms with Crippen LogP contribution in [0.4, 0.5) is 0 Å². The molecule has 0 aromatic heterocycles. The molecule has 0 heterocycles. The molecule has 1 fully saturated rings. The molecule has 0 bridgehead atoms. The SMILES string of the molecule is COc1ccc(C(=O)NC[C@H](c2ccccc2)C2CCCCC2)c(OC)c1OC. The minimum absolute atomic E-state index is 0.167. The molecule has 0 spiro atoms. The van der Waals surface area contributed by atoms with E-state index in [1.54, 1.807) is 19.2 Å². The van der Waals surface area contributed by atoms with Crippen molar-refractivity contribution < 1.29 is 19.0 Å². The molecule has 2 aromatic carbocycles. The van der Waals surface area contributed by atoms with E-state index in [1.807, 2.05) is 6.07 Å². The Kier molecular flexibility index (Phi) is 7.39. The third kappa shape index (κ3) is 4.84. The van der Waals surface area contributed by atoms with Crippen LogP contribution in [0.25, 0.3) is 0 Å². The average Bonchev–Trinajstić information content (AvgIpc) is 2.79. The first kappa shape index (κ1) is 21.0.